The fourth-order valence-electron chi connectivity index (χ4n) is 3.29. The SMILES string of the molecule is O=C(c1ccon1)N1CCC[C@@H](c2cc(=O)[nH]c(Cc3cccs3)n2)C1. The molecule has 7 nitrogen and oxygen atoms in total. The van der Waals surface area contributed by atoms with Crippen molar-refractivity contribution < 1.29 is 9.32 Å². The third-order valence-electron chi connectivity index (χ3n) is 4.52. The number of piperidine rings is 1. The van der Waals surface area contributed by atoms with Crippen LogP contribution in [0, 0.1) is 0 Å². The number of aromatic nitrogens is 3. The highest BCUT2D eigenvalue weighted by Gasteiger charge is 2.28. The Kier molecular flexibility index (Phi) is 4.66. The Balaban J connectivity index is 1.54. The van der Waals surface area contributed by atoms with Crippen molar-refractivity contribution in [2.75, 3.05) is 13.1 Å². The fourth-order valence-corrected chi connectivity index (χ4v) is 4.00. The smallest absolute Gasteiger partial charge is 0.276 e. The molecule has 1 fully saturated rings. The molecule has 1 saturated heterocycles. The molecule has 0 unspecified atom stereocenters. The van der Waals surface area contributed by atoms with Crippen LogP contribution in [0.4, 0.5) is 0 Å². The number of amides is 1. The van der Waals surface area contributed by atoms with Crippen LogP contribution < -0.4 is 5.56 Å². The first-order valence-corrected chi connectivity index (χ1v) is 9.39. The molecule has 0 bridgehead atoms. The fraction of sp³-hybridized carbons (Fsp3) is 0.333. The summed E-state index contributed by atoms with van der Waals surface area (Å²) in [5.41, 5.74) is 0.905. The third kappa shape index (κ3) is 3.60. The van der Waals surface area contributed by atoms with Crippen molar-refractivity contribution in [2.24, 2.45) is 0 Å². The lowest BCUT2D eigenvalue weighted by Crippen LogP contribution is -2.39. The predicted molar refractivity (Wildman–Crippen MR) is 96.4 cm³/mol. The standard InChI is InChI=1S/C18H18N4O3S/c23-17-10-15(19-16(20-17)9-13-4-2-8-26-13)12-3-1-6-22(11-12)18(24)14-5-7-25-21-14/h2,4-5,7-8,10,12H,1,3,6,9,11H2,(H,19,20,23)/t12-/m1/s1. The van der Waals surface area contributed by atoms with Crippen LogP contribution in [0.15, 0.2) is 45.2 Å². The van der Waals surface area contributed by atoms with Crippen LogP contribution in [0.5, 0.6) is 0 Å². The highest BCUT2D eigenvalue weighted by atomic mass is 32.1. The van der Waals surface area contributed by atoms with Crippen molar-refractivity contribution in [1.29, 1.82) is 0 Å². The normalized spacial score (nSPS) is 17.4. The highest BCUT2D eigenvalue weighted by molar-refractivity contribution is 7.09. The van der Waals surface area contributed by atoms with Gasteiger partial charge in [0.1, 0.15) is 12.1 Å². The second-order valence-electron chi connectivity index (χ2n) is 6.35. The summed E-state index contributed by atoms with van der Waals surface area (Å²) in [6, 6.07) is 7.12. The number of aromatic amines is 1. The number of carbonyl (C=O) groups excluding carboxylic acids is 1. The van der Waals surface area contributed by atoms with E-state index in [2.05, 4.69) is 15.1 Å². The van der Waals surface area contributed by atoms with E-state index in [4.69, 9.17) is 4.52 Å². The number of nitrogens with one attached hydrogen (secondary N) is 1. The Morgan fingerprint density at radius 1 is 1.42 bits per heavy atom. The van der Waals surface area contributed by atoms with E-state index < -0.39 is 0 Å². The van der Waals surface area contributed by atoms with Crippen LogP contribution in [0.25, 0.3) is 0 Å². The van der Waals surface area contributed by atoms with Crippen LogP contribution in [-0.4, -0.2) is 39.0 Å². The molecular formula is C18H18N4O3S. The van der Waals surface area contributed by atoms with E-state index in [9.17, 15) is 9.59 Å². The van der Waals surface area contributed by atoms with Crippen molar-refractivity contribution in [2.45, 2.75) is 25.2 Å². The van der Waals surface area contributed by atoms with Crippen molar-refractivity contribution in [3.8, 4) is 0 Å². The van der Waals surface area contributed by atoms with Crippen molar-refractivity contribution in [1.82, 2.24) is 20.0 Å². The summed E-state index contributed by atoms with van der Waals surface area (Å²) in [5.74, 6) is 0.561. The van der Waals surface area contributed by atoms with Gasteiger partial charge in [-0.2, -0.15) is 0 Å². The maximum absolute atomic E-state index is 12.5. The maximum atomic E-state index is 12.5. The first-order chi connectivity index (χ1) is 12.7. The van der Waals surface area contributed by atoms with Crippen LogP contribution in [0.1, 0.15) is 45.6 Å². The van der Waals surface area contributed by atoms with E-state index in [-0.39, 0.29) is 17.4 Å². The molecule has 4 rings (SSSR count). The monoisotopic (exact) mass is 370 g/mol. The molecule has 0 saturated carbocycles. The molecule has 3 aromatic heterocycles. The molecule has 134 valence electrons. The number of hydrogen-bond acceptors (Lipinski definition) is 6. The van der Waals surface area contributed by atoms with Crippen LogP contribution in [0.3, 0.4) is 0 Å². The summed E-state index contributed by atoms with van der Waals surface area (Å²) < 4.78 is 4.76. The van der Waals surface area contributed by atoms with Crippen molar-refractivity contribution >= 4 is 17.2 Å². The molecule has 1 atom stereocenters. The Labute approximate surface area is 153 Å². The number of carbonyl (C=O) groups is 1. The van der Waals surface area contributed by atoms with Crippen molar-refractivity contribution in [3.05, 3.63) is 68.4 Å². The van der Waals surface area contributed by atoms with Gasteiger partial charge in [-0.1, -0.05) is 11.2 Å². The van der Waals surface area contributed by atoms with Gasteiger partial charge in [-0.15, -0.1) is 11.3 Å². The molecule has 4 heterocycles. The zero-order chi connectivity index (χ0) is 17.9. The number of thiophene rings is 1. The van der Waals surface area contributed by atoms with Gasteiger partial charge in [0.15, 0.2) is 5.69 Å². The third-order valence-corrected chi connectivity index (χ3v) is 5.39. The summed E-state index contributed by atoms with van der Waals surface area (Å²) in [6.07, 6.45) is 3.76. The summed E-state index contributed by atoms with van der Waals surface area (Å²) in [5, 5.41) is 5.73. The molecule has 0 aliphatic carbocycles. The number of rotatable bonds is 4. The van der Waals surface area contributed by atoms with Gasteiger partial charge in [-0.05, 0) is 24.3 Å². The lowest BCUT2D eigenvalue weighted by atomic mass is 9.94. The molecule has 1 N–H and O–H groups in total. The van der Waals surface area contributed by atoms with E-state index in [1.165, 1.54) is 6.26 Å². The first-order valence-electron chi connectivity index (χ1n) is 8.51. The molecule has 3 aromatic rings. The topological polar surface area (TPSA) is 92.1 Å². The Hall–Kier alpha value is -2.74. The second-order valence-corrected chi connectivity index (χ2v) is 7.38. The number of hydrogen-bond donors (Lipinski definition) is 1. The van der Waals surface area contributed by atoms with E-state index in [0.29, 0.717) is 31.0 Å². The molecule has 1 aliphatic heterocycles. The first kappa shape index (κ1) is 16.7. The quantitative estimate of drug-likeness (QED) is 0.761. The van der Waals surface area contributed by atoms with Gasteiger partial charge in [0, 0.05) is 42.4 Å². The van der Waals surface area contributed by atoms with Gasteiger partial charge in [-0.3, -0.25) is 9.59 Å². The molecule has 0 spiro atoms. The van der Waals surface area contributed by atoms with Crippen LogP contribution >= 0.6 is 11.3 Å². The lowest BCUT2D eigenvalue weighted by Gasteiger charge is -2.32. The Morgan fingerprint density at radius 3 is 3.12 bits per heavy atom. The maximum Gasteiger partial charge on any atom is 0.276 e. The predicted octanol–water partition coefficient (Wildman–Crippen LogP) is 2.43. The molecule has 26 heavy (non-hydrogen) atoms. The van der Waals surface area contributed by atoms with E-state index in [1.54, 1.807) is 28.4 Å². The van der Waals surface area contributed by atoms with Crippen molar-refractivity contribution in [3.63, 3.8) is 0 Å². The molecular weight excluding hydrogens is 352 g/mol. The zero-order valence-electron chi connectivity index (χ0n) is 14.1. The van der Waals surface area contributed by atoms with Gasteiger partial charge >= 0.3 is 0 Å². The molecule has 0 aromatic carbocycles. The number of H-pyrrole nitrogens is 1. The minimum atomic E-state index is -0.151. The van der Waals surface area contributed by atoms with E-state index in [1.807, 2.05) is 17.5 Å². The summed E-state index contributed by atoms with van der Waals surface area (Å²) in [4.78, 5) is 35.0. The van der Waals surface area contributed by atoms with Gasteiger partial charge in [0.05, 0.1) is 5.69 Å². The highest BCUT2D eigenvalue weighted by Crippen LogP contribution is 2.26. The molecule has 8 heteroatoms. The summed E-state index contributed by atoms with van der Waals surface area (Å²) >= 11 is 1.64. The number of likely N-dealkylation sites (tertiary alicyclic amines) is 1. The largest absolute Gasteiger partial charge is 0.364 e. The zero-order valence-corrected chi connectivity index (χ0v) is 14.9. The molecule has 0 radical (unpaired) electrons. The lowest BCUT2D eigenvalue weighted by molar-refractivity contribution is 0.0695. The minimum absolute atomic E-state index is 0.0454. The second kappa shape index (κ2) is 7.25. The average Bonchev–Trinajstić information content (AvgIpc) is 3.35. The van der Waals surface area contributed by atoms with E-state index in [0.717, 1.165) is 23.4 Å². The van der Waals surface area contributed by atoms with Gasteiger partial charge in [0.25, 0.3) is 11.5 Å². The van der Waals surface area contributed by atoms with Gasteiger partial charge < -0.3 is 14.4 Å². The van der Waals surface area contributed by atoms with Crippen LogP contribution in [-0.2, 0) is 6.42 Å². The Bertz CT molecular complexity index is 934. The summed E-state index contributed by atoms with van der Waals surface area (Å²) in [7, 11) is 0. The Morgan fingerprint density at radius 2 is 2.35 bits per heavy atom. The summed E-state index contributed by atoms with van der Waals surface area (Å²) in [6.45, 7) is 1.20. The average molecular weight is 370 g/mol. The molecule has 1 aliphatic rings. The van der Waals surface area contributed by atoms with Gasteiger partial charge in [-0.25, -0.2) is 4.98 Å². The molecule has 1 amide bonds. The number of nitrogens with zero attached hydrogens (tertiary/aromatic N) is 3. The van der Waals surface area contributed by atoms with Crippen LogP contribution in [0.2, 0.25) is 0 Å². The van der Waals surface area contributed by atoms with Gasteiger partial charge in [0.2, 0.25) is 0 Å². The minimum Gasteiger partial charge on any atom is -0.364 e. The van der Waals surface area contributed by atoms with E-state index >= 15 is 0 Å².